The summed E-state index contributed by atoms with van der Waals surface area (Å²) in [6.45, 7) is 7.38. The van der Waals surface area contributed by atoms with Crippen molar-refractivity contribution in [2.24, 2.45) is 5.73 Å². The van der Waals surface area contributed by atoms with E-state index in [0.717, 1.165) is 5.56 Å². The zero-order chi connectivity index (χ0) is 15.5. The fourth-order valence-electron chi connectivity index (χ4n) is 2.95. The minimum Gasteiger partial charge on any atom is -0.369 e. The van der Waals surface area contributed by atoms with Crippen molar-refractivity contribution in [2.45, 2.75) is 51.4 Å². The number of nitrogens with zero attached hydrogens (tertiary/aromatic N) is 1. The molecule has 116 valence electrons. The van der Waals surface area contributed by atoms with E-state index in [9.17, 15) is 4.79 Å². The van der Waals surface area contributed by atoms with E-state index in [-0.39, 0.29) is 23.7 Å². The Hall–Kier alpha value is -1.39. The number of carbonyl (C=O) groups excluding carboxylic acids is 1. The molecule has 1 saturated heterocycles. The zero-order valence-electron chi connectivity index (χ0n) is 13.2. The number of hydrogen-bond donors (Lipinski definition) is 1. The van der Waals surface area contributed by atoms with E-state index in [1.165, 1.54) is 0 Å². The third-order valence-corrected chi connectivity index (χ3v) is 3.82. The zero-order valence-corrected chi connectivity index (χ0v) is 13.2. The predicted octanol–water partition coefficient (Wildman–Crippen LogP) is 2.49. The average molecular weight is 290 g/mol. The molecular formula is C17H26N2O2. The normalized spacial score (nSPS) is 22.9. The highest BCUT2D eigenvalue weighted by molar-refractivity contribution is 5.76. The molecule has 2 unspecified atom stereocenters. The molecule has 0 saturated carbocycles. The summed E-state index contributed by atoms with van der Waals surface area (Å²) < 4.78 is 5.83. The maximum absolute atomic E-state index is 12.4. The second kappa shape index (κ2) is 6.58. The van der Waals surface area contributed by atoms with Gasteiger partial charge in [0.15, 0.2) is 0 Å². The minimum atomic E-state index is -0.269. The summed E-state index contributed by atoms with van der Waals surface area (Å²) in [5.41, 5.74) is 6.97. The first-order valence-electron chi connectivity index (χ1n) is 7.63. The molecule has 0 aliphatic carbocycles. The fourth-order valence-corrected chi connectivity index (χ4v) is 2.95. The molecule has 1 aliphatic heterocycles. The second-order valence-corrected chi connectivity index (χ2v) is 6.52. The van der Waals surface area contributed by atoms with Gasteiger partial charge in [-0.15, -0.1) is 0 Å². The number of amides is 1. The smallest absolute Gasteiger partial charge is 0.222 e. The molecule has 1 heterocycles. The molecule has 2 atom stereocenters. The van der Waals surface area contributed by atoms with Crippen LogP contribution in [0.2, 0.25) is 0 Å². The molecular weight excluding hydrogens is 264 g/mol. The van der Waals surface area contributed by atoms with Crippen LogP contribution < -0.4 is 5.73 Å². The lowest BCUT2D eigenvalue weighted by molar-refractivity contribution is -0.158. The molecule has 2 rings (SSSR count). The Morgan fingerprint density at radius 3 is 2.71 bits per heavy atom. The Kier molecular flexibility index (Phi) is 5.01. The molecule has 21 heavy (non-hydrogen) atoms. The van der Waals surface area contributed by atoms with Crippen LogP contribution in [0.4, 0.5) is 0 Å². The molecule has 0 bridgehead atoms. The number of hydrogen-bond acceptors (Lipinski definition) is 3. The van der Waals surface area contributed by atoms with Gasteiger partial charge in [0.1, 0.15) is 0 Å². The SMILES string of the molecule is CC1CN(C(=O)CCC(N)c2ccccc2)CC(C)(C)O1. The van der Waals surface area contributed by atoms with Crippen LogP contribution >= 0.6 is 0 Å². The molecule has 4 nitrogen and oxygen atoms in total. The first-order valence-corrected chi connectivity index (χ1v) is 7.63. The van der Waals surface area contributed by atoms with Crippen LogP contribution in [0.3, 0.4) is 0 Å². The number of nitrogens with two attached hydrogens (primary N) is 1. The molecule has 0 radical (unpaired) electrons. The van der Waals surface area contributed by atoms with Gasteiger partial charge in [-0.1, -0.05) is 30.3 Å². The molecule has 2 N–H and O–H groups in total. The van der Waals surface area contributed by atoms with Crippen LogP contribution in [0.15, 0.2) is 30.3 Å². The highest BCUT2D eigenvalue weighted by Gasteiger charge is 2.33. The first kappa shape index (κ1) is 16.0. The van der Waals surface area contributed by atoms with Crippen LogP contribution in [0.25, 0.3) is 0 Å². The van der Waals surface area contributed by atoms with Crippen molar-refractivity contribution in [3.8, 4) is 0 Å². The summed E-state index contributed by atoms with van der Waals surface area (Å²) in [6.07, 6.45) is 1.24. The molecule has 0 spiro atoms. The minimum absolute atomic E-state index is 0.0818. The standard InChI is InChI=1S/C17H26N2O2/c1-13-11-19(12-17(2,3)21-13)16(20)10-9-15(18)14-7-5-4-6-8-14/h4-8,13,15H,9-12,18H2,1-3H3. The fraction of sp³-hybridized carbons (Fsp3) is 0.588. The van der Waals surface area contributed by atoms with Gasteiger partial charge in [-0.2, -0.15) is 0 Å². The van der Waals surface area contributed by atoms with Gasteiger partial charge in [-0.25, -0.2) is 0 Å². The van der Waals surface area contributed by atoms with E-state index in [1.807, 2.05) is 56.0 Å². The van der Waals surface area contributed by atoms with Crippen molar-refractivity contribution in [3.05, 3.63) is 35.9 Å². The molecule has 4 heteroatoms. The van der Waals surface area contributed by atoms with Crippen molar-refractivity contribution in [2.75, 3.05) is 13.1 Å². The van der Waals surface area contributed by atoms with Crippen LogP contribution in [0, 0.1) is 0 Å². The van der Waals surface area contributed by atoms with Gasteiger partial charge in [0.2, 0.25) is 5.91 Å². The largest absolute Gasteiger partial charge is 0.369 e. The molecule has 1 fully saturated rings. The highest BCUT2D eigenvalue weighted by atomic mass is 16.5. The van der Waals surface area contributed by atoms with E-state index in [1.54, 1.807) is 0 Å². The lowest BCUT2D eigenvalue weighted by Gasteiger charge is -2.41. The summed E-state index contributed by atoms with van der Waals surface area (Å²) in [7, 11) is 0. The maximum atomic E-state index is 12.4. The summed E-state index contributed by atoms with van der Waals surface area (Å²) in [6, 6.07) is 9.86. The van der Waals surface area contributed by atoms with Crippen LogP contribution in [-0.4, -0.2) is 35.6 Å². The summed E-state index contributed by atoms with van der Waals surface area (Å²) in [4.78, 5) is 14.3. The Labute approximate surface area is 127 Å². The predicted molar refractivity (Wildman–Crippen MR) is 83.8 cm³/mol. The van der Waals surface area contributed by atoms with Crippen molar-refractivity contribution < 1.29 is 9.53 Å². The first-order chi connectivity index (χ1) is 9.87. The van der Waals surface area contributed by atoms with Crippen LogP contribution in [-0.2, 0) is 9.53 Å². The number of carbonyl (C=O) groups is 1. The van der Waals surface area contributed by atoms with Gasteiger partial charge in [-0.3, -0.25) is 4.79 Å². The van der Waals surface area contributed by atoms with Crippen molar-refractivity contribution in [1.29, 1.82) is 0 Å². The van der Waals surface area contributed by atoms with Gasteiger partial charge >= 0.3 is 0 Å². The van der Waals surface area contributed by atoms with Gasteiger partial charge in [0.25, 0.3) is 0 Å². The lowest BCUT2D eigenvalue weighted by Crippen LogP contribution is -2.53. The van der Waals surface area contributed by atoms with Gasteiger partial charge < -0.3 is 15.4 Å². The van der Waals surface area contributed by atoms with Crippen LogP contribution in [0.1, 0.15) is 45.2 Å². The molecule has 1 aliphatic rings. The van der Waals surface area contributed by atoms with Gasteiger partial charge in [-0.05, 0) is 32.8 Å². The third-order valence-electron chi connectivity index (χ3n) is 3.82. The van der Waals surface area contributed by atoms with E-state index in [2.05, 4.69) is 0 Å². The van der Waals surface area contributed by atoms with Crippen molar-refractivity contribution in [1.82, 2.24) is 4.90 Å². The summed E-state index contributed by atoms with van der Waals surface area (Å²) in [5.74, 6) is 0.171. The lowest BCUT2D eigenvalue weighted by atomic mass is 10.0. The van der Waals surface area contributed by atoms with E-state index >= 15 is 0 Å². The Balaban J connectivity index is 1.87. The topological polar surface area (TPSA) is 55.6 Å². The van der Waals surface area contributed by atoms with E-state index in [0.29, 0.717) is 25.9 Å². The van der Waals surface area contributed by atoms with Crippen molar-refractivity contribution >= 4 is 5.91 Å². The van der Waals surface area contributed by atoms with E-state index < -0.39 is 0 Å². The van der Waals surface area contributed by atoms with E-state index in [4.69, 9.17) is 10.5 Å². The summed E-state index contributed by atoms with van der Waals surface area (Å²) in [5, 5.41) is 0. The quantitative estimate of drug-likeness (QED) is 0.927. The average Bonchev–Trinajstić information content (AvgIpc) is 2.43. The molecule has 1 amide bonds. The number of morpholine rings is 1. The molecule has 1 aromatic rings. The number of rotatable bonds is 4. The van der Waals surface area contributed by atoms with Crippen molar-refractivity contribution in [3.63, 3.8) is 0 Å². The third kappa shape index (κ3) is 4.55. The highest BCUT2D eigenvalue weighted by Crippen LogP contribution is 2.22. The maximum Gasteiger partial charge on any atom is 0.222 e. The number of ether oxygens (including phenoxy) is 1. The van der Waals surface area contributed by atoms with Crippen LogP contribution in [0.5, 0.6) is 0 Å². The Bertz CT molecular complexity index is 473. The van der Waals surface area contributed by atoms with Gasteiger partial charge in [0, 0.05) is 25.6 Å². The Morgan fingerprint density at radius 1 is 1.43 bits per heavy atom. The monoisotopic (exact) mass is 290 g/mol. The van der Waals surface area contributed by atoms with Gasteiger partial charge in [0.05, 0.1) is 11.7 Å². The molecule has 1 aromatic carbocycles. The Morgan fingerprint density at radius 2 is 2.10 bits per heavy atom. The summed E-state index contributed by atoms with van der Waals surface area (Å²) >= 11 is 0. The second-order valence-electron chi connectivity index (χ2n) is 6.52. The number of benzene rings is 1. The molecule has 0 aromatic heterocycles.